The Labute approximate surface area is 57.2 Å². The van der Waals surface area contributed by atoms with Crippen molar-refractivity contribution in [3.63, 3.8) is 0 Å². The Morgan fingerprint density at radius 2 is 2.11 bits per heavy atom. The van der Waals surface area contributed by atoms with Crippen molar-refractivity contribution in [2.24, 2.45) is 5.92 Å². The minimum absolute atomic E-state index is 0.421. The second-order valence-corrected chi connectivity index (χ2v) is 2.29. The molecule has 9 heavy (non-hydrogen) atoms. The molecule has 0 aliphatic carbocycles. The van der Waals surface area contributed by atoms with Crippen molar-refractivity contribution in [2.45, 2.75) is 20.3 Å². The van der Waals surface area contributed by atoms with Gasteiger partial charge in [-0.05, 0) is 5.92 Å². The summed E-state index contributed by atoms with van der Waals surface area (Å²) in [6.45, 7) is 5.55. The van der Waals surface area contributed by atoms with Crippen LogP contribution >= 0.6 is 0 Å². The molecule has 0 heterocycles. The van der Waals surface area contributed by atoms with Gasteiger partial charge in [-0.25, -0.2) is 0 Å². The Morgan fingerprint density at radius 1 is 1.44 bits per heavy atom. The van der Waals surface area contributed by atoms with Gasteiger partial charge in [0.25, 0.3) is 0 Å². The first-order valence-electron chi connectivity index (χ1n) is 3.38. The van der Waals surface area contributed by atoms with Gasteiger partial charge in [0.05, 0.1) is 6.61 Å². The normalized spacial score (nSPS) is 13.7. The third kappa shape index (κ3) is 5.80. The lowest BCUT2D eigenvalue weighted by molar-refractivity contribution is -0.0417. The fourth-order valence-corrected chi connectivity index (χ4v) is 0.450. The summed E-state index contributed by atoms with van der Waals surface area (Å²) in [5.74, 6) is 0.653. The Balaban J connectivity index is 2.88. The van der Waals surface area contributed by atoms with E-state index in [1.165, 1.54) is 6.42 Å². The molecule has 0 aliphatic heterocycles. The monoisotopic (exact) mass is 132 g/mol. The van der Waals surface area contributed by atoms with Crippen LogP contribution in [0.15, 0.2) is 0 Å². The molecule has 0 radical (unpaired) electrons. The number of hydrogen-bond donors (Lipinski definition) is 0. The molecule has 0 bridgehead atoms. The maximum absolute atomic E-state index is 5.11. The molecule has 0 fully saturated rings. The molecular weight excluding hydrogens is 116 g/mol. The van der Waals surface area contributed by atoms with Crippen molar-refractivity contribution in [3.05, 3.63) is 0 Å². The minimum atomic E-state index is 0.421. The van der Waals surface area contributed by atoms with Crippen molar-refractivity contribution in [1.29, 1.82) is 0 Å². The highest BCUT2D eigenvalue weighted by atomic mass is 16.7. The molecule has 0 aromatic heterocycles. The van der Waals surface area contributed by atoms with Crippen molar-refractivity contribution < 1.29 is 9.47 Å². The SMILES string of the molecule is CC[C@@H](C)COCOC. The lowest BCUT2D eigenvalue weighted by atomic mass is 10.1. The predicted molar refractivity (Wildman–Crippen MR) is 37.3 cm³/mol. The lowest BCUT2D eigenvalue weighted by Gasteiger charge is -2.07. The Bertz CT molecular complexity index is 54.9. The highest BCUT2D eigenvalue weighted by Gasteiger charge is 1.96. The van der Waals surface area contributed by atoms with Gasteiger partial charge in [-0.1, -0.05) is 20.3 Å². The summed E-state index contributed by atoms with van der Waals surface area (Å²) >= 11 is 0. The van der Waals surface area contributed by atoms with E-state index in [1.54, 1.807) is 7.11 Å². The zero-order valence-electron chi connectivity index (χ0n) is 6.52. The quantitative estimate of drug-likeness (QED) is 0.418. The number of hydrogen-bond acceptors (Lipinski definition) is 2. The standard InChI is InChI=1S/C7H16O2/c1-4-7(2)5-9-6-8-3/h7H,4-6H2,1-3H3/t7-/m1/s1. The first kappa shape index (κ1) is 8.92. The van der Waals surface area contributed by atoms with Crippen molar-refractivity contribution in [3.8, 4) is 0 Å². The van der Waals surface area contributed by atoms with E-state index in [0.717, 1.165) is 6.61 Å². The van der Waals surface area contributed by atoms with Crippen LogP contribution in [0, 0.1) is 5.92 Å². The fourth-order valence-electron chi connectivity index (χ4n) is 0.450. The van der Waals surface area contributed by atoms with Gasteiger partial charge >= 0.3 is 0 Å². The van der Waals surface area contributed by atoms with Crippen molar-refractivity contribution in [2.75, 3.05) is 20.5 Å². The third-order valence-electron chi connectivity index (χ3n) is 1.30. The van der Waals surface area contributed by atoms with Crippen LogP contribution in [0.4, 0.5) is 0 Å². The molecule has 0 unspecified atom stereocenters. The molecule has 0 amide bonds. The number of ether oxygens (including phenoxy) is 2. The molecule has 0 aromatic carbocycles. The van der Waals surface area contributed by atoms with Crippen LogP contribution in [0.25, 0.3) is 0 Å². The molecule has 0 N–H and O–H groups in total. The number of methoxy groups -OCH3 is 1. The zero-order chi connectivity index (χ0) is 7.11. The van der Waals surface area contributed by atoms with Gasteiger partial charge in [0.15, 0.2) is 0 Å². The van der Waals surface area contributed by atoms with Crippen LogP contribution < -0.4 is 0 Å². The topological polar surface area (TPSA) is 18.5 Å². The first-order chi connectivity index (χ1) is 4.31. The first-order valence-corrected chi connectivity index (χ1v) is 3.38. The van der Waals surface area contributed by atoms with Crippen molar-refractivity contribution in [1.82, 2.24) is 0 Å². The Kier molecular flexibility index (Phi) is 5.99. The highest BCUT2D eigenvalue weighted by molar-refractivity contribution is 4.44. The van der Waals surface area contributed by atoms with Crippen LogP contribution in [0.1, 0.15) is 20.3 Å². The largest absolute Gasteiger partial charge is 0.359 e. The highest BCUT2D eigenvalue weighted by Crippen LogP contribution is 1.99. The summed E-state index contributed by atoms with van der Waals surface area (Å²) in [6.07, 6.45) is 1.17. The van der Waals surface area contributed by atoms with E-state index < -0.39 is 0 Å². The second-order valence-electron chi connectivity index (χ2n) is 2.29. The molecule has 0 spiro atoms. The van der Waals surface area contributed by atoms with E-state index in [9.17, 15) is 0 Å². The van der Waals surface area contributed by atoms with E-state index in [-0.39, 0.29) is 0 Å². The van der Waals surface area contributed by atoms with E-state index in [4.69, 9.17) is 9.47 Å². The molecule has 1 atom stereocenters. The fraction of sp³-hybridized carbons (Fsp3) is 1.00. The van der Waals surface area contributed by atoms with E-state index >= 15 is 0 Å². The van der Waals surface area contributed by atoms with Gasteiger partial charge in [-0.15, -0.1) is 0 Å². The van der Waals surface area contributed by atoms with Crippen LogP contribution in [0.3, 0.4) is 0 Å². The maximum atomic E-state index is 5.11. The molecule has 2 heteroatoms. The molecule has 0 aromatic rings. The molecule has 0 rings (SSSR count). The molecule has 0 aliphatic rings. The smallest absolute Gasteiger partial charge is 0.146 e. The molecule has 0 saturated heterocycles. The van der Waals surface area contributed by atoms with Crippen LogP contribution in [0.2, 0.25) is 0 Å². The molecular formula is C7H16O2. The lowest BCUT2D eigenvalue weighted by Crippen LogP contribution is -2.06. The molecule has 2 nitrogen and oxygen atoms in total. The van der Waals surface area contributed by atoms with Crippen LogP contribution in [0.5, 0.6) is 0 Å². The Hall–Kier alpha value is -0.0800. The summed E-state index contributed by atoms with van der Waals surface area (Å²) in [6, 6.07) is 0. The van der Waals surface area contributed by atoms with Gasteiger partial charge in [0.2, 0.25) is 0 Å². The Morgan fingerprint density at radius 3 is 2.56 bits per heavy atom. The van der Waals surface area contributed by atoms with Gasteiger partial charge in [-0.3, -0.25) is 0 Å². The summed E-state index contributed by atoms with van der Waals surface area (Å²) in [4.78, 5) is 0. The van der Waals surface area contributed by atoms with Gasteiger partial charge in [0, 0.05) is 7.11 Å². The zero-order valence-corrected chi connectivity index (χ0v) is 6.52. The number of rotatable bonds is 5. The van der Waals surface area contributed by atoms with Gasteiger partial charge < -0.3 is 9.47 Å². The average Bonchev–Trinajstić information content (AvgIpc) is 1.89. The predicted octanol–water partition coefficient (Wildman–Crippen LogP) is 1.65. The van der Waals surface area contributed by atoms with Gasteiger partial charge in [0.1, 0.15) is 6.79 Å². The van der Waals surface area contributed by atoms with E-state index in [0.29, 0.717) is 12.7 Å². The summed E-state index contributed by atoms with van der Waals surface area (Å²) in [5.41, 5.74) is 0. The third-order valence-corrected chi connectivity index (χ3v) is 1.30. The summed E-state index contributed by atoms with van der Waals surface area (Å²) in [5, 5.41) is 0. The van der Waals surface area contributed by atoms with Crippen LogP contribution in [-0.4, -0.2) is 20.5 Å². The second kappa shape index (κ2) is 6.05. The van der Waals surface area contributed by atoms with Crippen molar-refractivity contribution >= 4 is 0 Å². The van der Waals surface area contributed by atoms with E-state index in [1.807, 2.05) is 0 Å². The minimum Gasteiger partial charge on any atom is -0.359 e. The average molecular weight is 132 g/mol. The van der Waals surface area contributed by atoms with Crippen LogP contribution in [-0.2, 0) is 9.47 Å². The molecule has 0 saturated carbocycles. The van der Waals surface area contributed by atoms with E-state index in [2.05, 4.69) is 13.8 Å². The maximum Gasteiger partial charge on any atom is 0.146 e. The molecule has 56 valence electrons. The van der Waals surface area contributed by atoms with Gasteiger partial charge in [-0.2, -0.15) is 0 Å². The summed E-state index contributed by atoms with van der Waals surface area (Å²) in [7, 11) is 1.64. The summed E-state index contributed by atoms with van der Waals surface area (Å²) < 4.78 is 9.83.